The molecule has 0 aliphatic carbocycles. The van der Waals surface area contributed by atoms with Crippen LogP contribution in [0.4, 0.5) is 0 Å². The summed E-state index contributed by atoms with van der Waals surface area (Å²) in [6.07, 6.45) is 3.39. The van der Waals surface area contributed by atoms with E-state index >= 15 is 0 Å². The van der Waals surface area contributed by atoms with E-state index in [1.54, 1.807) is 40.5 Å². The molecule has 0 radical (unpaired) electrons. The van der Waals surface area contributed by atoms with Crippen molar-refractivity contribution in [2.75, 3.05) is 14.2 Å². The molecule has 182 valence electrons. The molecule has 0 saturated heterocycles. The Kier molecular flexibility index (Phi) is 7.31. The molecule has 0 aliphatic heterocycles. The maximum atomic E-state index is 13.0. The minimum atomic E-state index is -1.15. The zero-order valence-electron chi connectivity index (χ0n) is 20.4. The maximum absolute atomic E-state index is 13.0. The number of carbonyl (C=O) groups excluding carboxylic acids is 1. The van der Waals surface area contributed by atoms with Gasteiger partial charge in [0.2, 0.25) is 5.88 Å². The zero-order valence-corrected chi connectivity index (χ0v) is 20.4. The first-order valence-electron chi connectivity index (χ1n) is 11.4. The highest BCUT2D eigenvalue weighted by Crippen LogP contribution is 2.30. The number of benzene rings is 2. The predicted molar refractivity (Wildman–Crippen MR) is 133 cm³/mol. The number of ether oxygens (including phenoxy) is 3. The van der Waals surface area contributed by atoms with Crippen LogP contribution in [-0.2, 0) is 29.2 Å². The molecule has 35 heavy (non-hydrogen) atoms. The van der Waals surface area contributed by atoms with Crippen LogP contribution in [0.2, 0.25) is 0 Å². The van der Waals surface area contributed by atoms with Crippen molar-refractivity contribution >= 4 is 16.8 Å². The van der Waals surface area contributed by atoms with E-state index in [2.05, 4.69) is 10.3 Å². The van der Waals surface area contributed by atoms with Crippen molar-refractivity contribution in [2.45, 2.75) is 39.1 Å². The molecule has 0 spiro atoms. The number of hydrogen-bond acceptors (Lipinski definition) is 6. The van der Waals surface area contributed by atoms with Crippen molar-refractivity contribution < 1.29 is 19.0 Å². The summed E-state index contributed by atoms with van der Waals surface area (Å²) in [6, 6.07) is 17.6. The molecule has 0 fully saturated rings. The number of amides is 1. The van der Waals surface area contributed by atoms with Crippen molar-refractivity contribution in [3.05, 3.63) is 83.7 Å². The van der Waals surface area contributed by atoms with Crippen molar-refractivity contribution in [3.63, 3.8) is 0 Å². The van der Waals surface area contributed by atoms with Crippen LogP contribution in [0.5, 0.6) is 11.6 Å². The average Bonchev–Trinajstić information content (AvgIpc) is 3.19. The largest absolute Gasteiger partial charge is 0.497 e. The van der Waals surface area contributed by atoms with Crippen molar-refractivity contribution in [2.24, 2.45) is 0 Å². The second-order valence-corrected chi connectivity index (χ2v) is 8.75. The Morgan fingerprint density at radius 1 is 1.00 bits per heavy atom. The van der Waals surface area contributed by atoms with Gasteiger partial charge in [-0.1, -0.05) is 18.2 Å². The van der Waals surface area contributed by atoms with E-state index in [9.17, 15) is 4.79 Å². The molecule has 2 aromatic carbocycles. The maximum Gasteiger partial charge on any atom is 0.263 e. The number of nitrogens with zero attached hydrogens (tertiary/aromatic N) is 3. The third kappa shape index (κ3) is 5.78. The molecule has 0 saturated carbocycles. The topological polar surface area (TPSA) is 87.5 Å². The molecule has 0 unspecified atom stereocenters. The van der Waals surface area contributed by atoms with Gasteiger partial charge in [0.15, 0.2) is 5.60 Å². The summed E-state index contributed by atoms with van der Waals surface area (Å²) in [6.45, 7) is 4.85. The van der Waals surface area contributed by atoms with Gasteiger partial charge in [-0.3, -0.25) is 14.5 Å². The number of carbonyl (C=O) groups is 1. The van der Waals surface area contributed by atoms with Gasteiger partial charge in [0.05, 0.1) is 31.2 Å². The lowest BCUT2D eigenvalue weighted by atomic mass is 10.1. The number of rotatable bonds is 10. The fraction of sp³-hybridized carbons (Fsp3) is 0.296. The third-order valence-electron chi connectivity index (χ3n) is 5.66. The summed E-state index contributed by atoms with van der Waals surface area (Å²) in [4.78, 5) is 17.0. The van der Waals surface area contributed by atoms with E-state index in [1.165, 1.54) is 0 Å². The number of hydrogen-bond donors (Lipinski definition) is 1. The standard InChI is InChI=1S/C27H30N4O4/c1-27(2,26(32)29-16-19-10-12-28-13-11-19)35-25-23-15-21(18-33-3)8-9-24(23)31(30-25)17-20-6-5-7-22(14-20)34-4/h5-15H,16-18H2,1-4H3,(H,29,32). The first kappa shape index (κ1) is 24.2. The highest BCUT2D eigenvalue weighted by Gasteiger charge is 2.32. The molecule has 2 heterocycles. The van der Waals surface area contributed by atoms with E-state index in [0.29, 0.717) is 25.6 Å². The SMILES string of the molecule is COCc1ccc2c(c1)c(OC(C)(C)C(=O)NCc1ccncc1)nn2Cc1cccc(OC)c1. The molecule has 1 amide bonds. The minimum absolute atomic E-state index is 0.238. The molecule has 0 aliphatic rings. The van der Waals surface area contributed by atoms with Gasteiger partial charge in [-0.05, 0) is 66.9 Å². The van der Waals surface area contributed by atoms with Crippen molar-refractivity contribution in [3.8, 4) is 11.6 Å². The van der Waals surface area contributed by atoms with Crippen LogP contribution < -0.4 is 14.8 Å². The van der Waals surface area contributed by atoms with Crippen LogP contribution in [0.3, 0.4) is 0 Å². The highest BCUT2D eigenvalue weighted by atomic mass is 16.5. The summed E-state index contributed by atoms with van der Waals surface area (Å²) < 4.78 is 18.8. The molecular weight excluding hydrogens is 444 g/mol. The number of methoxy groups -OCH3 is 2. The van der Waals surface area contributed by atoms with Crippen LogP contribution in [0, 0.1) is 0 Å². The van der Waals surface area contributed by atoms with Gasteiger partial charge in [-0.25, -0.2) is 0 Å². The number of nitrogens with one attached hydrogen (secondary N) is 1. The average molecular weight is 475 g/mol. The Balaban J connectivity index is 1.61. The Bertz CT molecular complexity index is 1300. The van der Waals surface area contributed by atoms with Crippen LogP contribution in [0.1, 0.15) is 30.5 Å². The van der Waals surface area contributed by atoms with Gasteiger partial charge in [-0.2, -0.15) is 0 Å². The molecule has 8 nitrogen and oxygen atoms in total. The Labute approximate surface area is 204 Å². The van der Waals surface area contributed by atoms with E-state index in [4.69, 9.17) is 19.3 Å². The third-order valence-corrected chi connectivity index (χ3v) is 5.66. The Morgan fingerprint density at radius 2 is 1.80 bits per heavy atom. The lowest BCUT2D eigenvalue weighted by Gasteiger charge is -2.24. The fourth-order valence-corrected chi connectivity index (χ4v) is 3.78. The number of aromatic nitrogens is 3. The lowest BCUT2D eigenvalue weighted by molar-refractivity contribution is -0.134. The lowest BCUT2D eigenvalue weighted by Crippen LogP contribution is -2.46. The van der Waals surface area contributed by atoms with Crippen LogP contribution in [0.15, 0.2) is 67.0 Å². The minimum Gasteiger partial charge on any atom is -0.497 e. The van der Waals surface area contributed by atoms with Crippen molar-refractivity contribution in [1.29, 1.82) is 0 Å². The highest BCUT2D eigenvalue weighted by molar-refractivity contribution is 5.88. The Hall–Kier alpha value is -3.91. The van der Waals surface area contributed by atoms with Gasteiger partial charge in [0, 0.05) is 26.0 Å². The van der Waals surface area contributed by atoms with Gasteiger partial charge in [0.25, 0.3) is 5.91 Å². The first-order chi connectivity index (χ1) is 16.9. The molecule has 8 heteroatoms. The Morgan fingerprint density at radius 3 is 2.54 bits per heavy atom. The second-order valence-electron chi connectivity index (χ2n) is 8.75. The van der Waals surface area contributed by atoms with Gasteiger partial charge in [0.1, 0.15) is 5.75 Å². The van der Waals surface area contributed by atoms with E-state index < -0.39 is 5.60 Å². The fourth-order valence-electron chi connectivity index (χ4n) is 3.78. The summed E-state index contributed by atoms with van der Waals surface area (Å²) >= 11 is 0. The predicted octanol–water partition coefficient (Wildman–Crippen LogP) is 4.11. The molecular formula is C27H30N4O4. The second kappa shape index (κ2) is 10.6. The summed E-state index contributed by atoms with van der Waals surface area (Å²) in [5.41, 5.74) is 2.74. The van der Waals surface area contributed by atoms with E-state index in [-0.39, 0.29) is 5.91 Å². The molecule has 4 rings (SSSR count). The zero-order chi connectivity index (χ0) is 24.8. The smallest absolute Gasteiger partial charge is 0.263 e. The molecule has 2 aromatic heterocycles. The number of pyridine rings is 1. The van der Waals surface area contributed by atoms with Gasteiger partial charge >= 0.3 is 0 Å². The quantitative estimate of drug-likeness (QED) is 0.372. The van der Waals surface area contributed by atoms with Crippen LogP contribution in [0.25, 0.3) is 10.9 Å². The van der Waals surface area contributed by atoms with Gasteiger partial charge < -0.3 is 19.5 Å². The van der Waals surface area contributed by atoms with Crippen LogP contribution in [-0.4, -0.2) is 40.5 Å². The normalized spacial score (nSPS) is 11.4. The van der Waals surface area contributed by atoms with Crippen LogP contribution >= 0.6 is 0 Å². The first-order valence-corrected chi connectivity index (χ1v) is 11.4. The molecule has 1 N–H and O–H groups in total. The summed E-state index contributed by atoms with van der Waals surface area (Å²) in [5, 5.41) is 8.51. The number of fused-ring (bicyclic) bond motifs is 1. The summed E-state index contributed by atoms with van der Waals surface area (Å²) in [7, 11) is 3.30. The van der Waals surface area contributed by atoms with E-state index in [0.717, 1.165) is 33.3 Å². The molecule has 0 atom stereocenters. The summed E-state index contributed by atoms with van der Waals surface area (Å²) in [5.74, 6) is 0.938. The van der Waals surface area contributed by atoms with E-state index in [1.807, 2.05) is 59.3 Å². The molecule has 4 aromatic rings. The van der Waals surface area contributed by atoms with Gasteiger partial charge in [-0.15, -0.1) is 5.10 Å². The van der Waals surface area contributed by atoms with Crippen molar-refractivity contribution in [1.82, 2.24) is 20.1 Å². The molecule has 0 bridgehead atoms. The monoisotopic (exact) mass is 474 g/mol.